The zero-order chi connectivity index (χ0) is 12.1. The summed E-state index contributed by atoms with van der Waals surface area (Å²) >= 11 is 7.02. The Bertz CT molecular complexity index is 456. The van der Waals surface area contributed by atoms with Gasteiger partial charge in [-0.2, -0.15) is 11.3 Å². The molecule has 17 heavy (non-hydrogen) atoms. The first-order chi connectivity index (χ1) is 8.24. The van der Waals surface area contributed by atoms with E-state index in [-0.39, 0.29) is 6.04 Å². The van der Waals surface area contributed by atoms with Crippen molar-refractivity contribution in [2.45, 2.75) is 17.4 Å². The molecule has 0 aliphatic rings. The number of hydrogen-bond donors (Lipinski definition) is 1. The van der Waals surface area contributed by atoms with Gasteiger partial charge in [0.15, 0.2) is 0 Å². The molecule has 90 valence electrons. The van der Waals surface area contributed by atoms with Gasteiger partial charge in [0.2, 0.25) is 0 Å². The lowest BCUT2D eigenvalue weighted by molar-refractivity contribution is 0.750. The van der Waals surface area contributed by atoms with E-state index < -0.39 is 0 Å². The van der Waals surface area contributed by atoms with Gasteiger partial charge in [-0.05, 0) is 47.0 Å². The van der Waals surface area contributed by atoms with Gasteiger partial charge in [0.1, 0.15) is 0 Å². The molecule has 1 aromatic carbocycles. The summed E-state index contributed by atoms with van der Waals surface area (Å²) in [5.74, 6) is 0.951. The van der Waals surface area contributed by atoms with E-state index in [0.29, 0.717) is 0 Å². The molecular formula is C13H14BrNS2. The van der Waals surface area contributed by atoms with E-state index in [1.54, 1.807) is 11.3 Å². The highest BCUT2D eigenvalue weighted by Gasteiger charge is 2.05. The normalized spacial score (nSPS) is 12.6. The minimum atomic E-state index is 0.216. The van der Waals surface area contributed by atoms with Crippen LogP contribution in [-0.2, 0) is 6.42 Å². The number of halogens is 1. The second-order valence-electron chi connectivity index (χ2n) is 3.86. The average molecular weight is 328 g/mol. The maximum Gasteiger partial charge on any atom is 0.0186 e. The number of thiophene rings is 1. The summed E-state index contributed by atoms with van der Waals surface area (Å²) in [5, 5.41) is 4.27. The van der Waals surface area contributed by atoms with Gasteiger partial charge in [0.05, 0.1) is 0 Å². The van der Waals surface area contributed by atoms with Crippen LogP contribution in [0.4, 0.5) is 0 Å². The fraction of sp³-hybridized carbons (Fsp3) is 0.231. The number of nitrogens with two attached hydrogens (primary N) is 1. The molecule has 0 amide bonds. The molecule has 4 heteroatoms. The number of benzene rings is 1. The van der Waals surface area contributed by atoms with Crippen molar-refractivity contribution in [2.24, 2.45) is 5.73 Å². The van der Waals surface area contributed by atoms with Crippen molar-refractivity contribution in [1.82, 2.24) is 0 Å². The Balaban J connectivity index is 1.82. The van der Waals surface area contributed by atoms with Crippen LogP contribution in [0.2, 0.25) is 0 Å². The minimum Gasteiger partial charge on any atom is -0.327 e. The predicted octanol–water partition coefficient (Wildman–Crippen LogP) is 4.17. The zero-order valence-corrected chi connectivity index (χ0v) is 12.5. The summed E-state index contributed by atoms with van der Waals surface area (Å²) in [6.07, 6.45) is 0.963. The van der Waals surface area contributed by atoms with Crippen LogP contribution in [0.15, 0.2) is 50.5 Å². The highest BCUT2D eigenvalue weighted by molar-refractivity contribution is 9.10. The predicted molar refractivity (Wildman–Crippen MR) is 80.9 cm³/mol. The summed E-state index contributed by atoms with van der Waals surface area (Å²) in [6.45, 7) is 0. The Hall–Kier alpha value is -0.290. The molecule has 0 radical (unpaired) electrons. The molecule has 0 saturated heterocycles. The van der Waals surface area contributed by atoms with Crippen LogP contribution < -0.4 is 5.73 Å². The lowest BCUT2D eigenvalue weighted by Gasteiger charge is -2.10. The van der Waals surface area contributed by atoms with Gasteiger partial charge >= 0.3 is 0 Å². The lowest BCUT2D eigenvalue weighted by atomic mass is 10.1. The van der Waals surface area contributed by atoms with Gasteiger partial charge in [0.25, 0.3) is 0 Å². The third kappa shape index (κ3) is 4.47. The standard InChI is InChI=1S/C13H14BrNS2/c14-11-2-1-3-13(7-11)17-9-12(15)6-10-4-5-16-8-10/h1-5,7-8,12H,6,9,15H2. The van der Waals surface area contributed by atoms with Gasteiger partial charge in [-0.1, -0.05) is 22.0 Å². The van der Waals surface area contributed by atoms with Crippen molar-refractivity contribution >= 4 is 39.0 Å². The van der Waals surface area contributed by atoms with Crippen LogP contribution in [0.3, 0.4) is 0 Å². The van der Waals surface area contributed by atoms with Crippen LogP contribution >= 0.6 is 39.0 Å². The lowest BCUT2D eigenvalue weighted by Crippen LogP contribution is -2.25. The topological polar surface area (TPSA) is 26.0 Å². The quantitative estimate of drug-likeness (QED) is 0.834. The molecule has 1 heterocycles. The summed E-state index contributed by atoms with van der Waals surface area (Å²) in [4.78, 5) is 1.26. The molecule has 1 unspecified atom stereocenters. The first-order valence-corrected chi connectivity index (χ1v) is 8.11. The van der Waals surface area contributed by atoms with Crippen LogP contribution in [0.25, 0.3) is 0 Å². The summed E-state index contributed by atoms with van der Waals surface area (Å²) in [7, 11) is 0. The van der Waals surface area contributed by atoms with Gasteiger partial charge < -0.3 is 5.73 Å². The molecule has 1 nitrogen and oxygen atoms in total. The van der Waals surface area contributed by atoms with Crippen molar-refractivity contribution in [3.05, 3.63) is 51.1 Å². The molecule has 2 rings (SSSR count). The number of thioether (sulfide) groups is 1. The Morgan fingerprint density at radius 1 is 1.35 bits per heavy atom. The number of rotatable bonds is 5. The van der Waals surface area contributed by atoms with Gasteiger partial charge in [-0.25, -0.2) is 0 Å². The summed E-state index contributed by atoms with van der Waals surface area (Å²) in [6, 6.07) is 10.7. The average Bonchev–Trinajstić information content (AvgIpc) is 2.79. The van der Waals surface area contributed by atoms with Crippen molar-refractivity contribution in [1.29, 1.82) is 0 Å². The second kappa shape index (κ2) is 6.59. The van der Waals surface area contributed by atoms with Crippen LogP contribution in [0.1, 0.15) is 5.56 Å². The first-order valence-electron chi connectivity index (χ1n) is 5.39. The monoisotopic (exact) mass is 327 g/mol. The smallest absolute Gasteiger partial charge is 0.0186 e. The largest absolute Gasteiger partial charge is 0.327 e. The summed E-state index contributed by atoms with van der Waals surface area (Å²) in [5.41, 5.74) is 7.47. The highest BCUT2D eigenvalue weighted by atomic mass is 79.9. The highest BCUT2D eigenvalue weighted by Crippen LogP contribution is 2.23. The molecule has 0 spiro atoms. The van der Waals surface area contributed by atoms with E-state index in [4.69, 9.17) is 5.73 Å². The van der Waals surface area contributed by atoms with E-state index in [9.17, 15) is 0 Å². The van der Waals surface area contributed by atoms with Crippen LogP contribution in [-0.4, -0.2) is 11.8 Å². The Morgan fingerprint density at radius 3 is 2.94 bits per heavy atom. The van der Waals surface area contributed by atoms with E-state index >= 15 is 0 Å². The molecule has 0 saturated carbocycles. The van der Waals surface area contributed by atoms with Crippen molar-refractivity contribution < 1.29 is 0 Å². The number of hydrogen-bond acceptors (Lipinski definition) is 3. The third-order valence-electron chi connectivity index (χ3n) is 2.34. The third-order valence-corrected chi connectivity index (χ3v) is 4.75. The minimum absolute atomic E-state index is 0.216. The SMILES string of the molecule is NC(CSc1cccc(Br)c1)Cc1ccsc1. The van der Waals surface area contributed by atoms with Gasteiger partial charge in [-0.3, -0.25) is 0 Å². The zero-order valence-electron chi connectivity index (χ0n) is 9.30. The maximum atomic E-state index is 6.12. The molecule has 0 fully saturated rings. The molecule has 1 atom stereocenters. The van der Waals surface area contributed by atoms with E-state index in [1.807, 2.05) is 17.8 Å². The molecule has 2 aromatic rings. The van der Waals surface area contributed by atoms with Gasteiger partial charge in [-0.15, -0.1) is 11.8 Å². The van der Waals surface area contributed by atoms with Crippen molar-refractivity contribution in [2.75, 3.05) is 5.75 Å². The second-order valence-corrected chi connectivity index (χ2v) is 6.65. The fourth-order valence-electron chi connectivity index (χ4n) is 1.53. The molecule has 0 aliphatic heterocycles. The Labute approximate surface area is 119 Å². The fourth-order valence-corrected chi connectivity index (χ4v) is 3.67. The van der Waals surface area contributed by atoms with E-state index in [2.05, 4.69) is 51.0 Å². The van der Waals surface area contributed by atoms with Crippen LogP contribution in [0, 0.1) is 0 Å². The Morgan fingerprint density at radius 2 is 2.24 bits per heavy atom. The van der Waals surface area contributed by atoms with Crippen molar-refractivity contribution in [3.8, 4) is 0 Å². The van der Waals surface area contributed by atoms with Crippen LogP contribution in [0.5, 0.6) is 0 Å². The molecule has 1 aromatic heterocycles. The first kappa shape index (κ1) is 13.1. The van der Waals surface area contributed by atoms with E-state index in [1.165, 1.54) is 10.5 Å². The van der Waals surface area contributed by atoms with Crippen molar-refractivity contribution in [3.63, 3.8) is 0 Å². The maximum absolute atomic E-state index is 6.12. The molecule has 0 aliphatic carbocycles. The summed E-state index contributed by atoms with van der Waals surface area (Å²) < 4.78 is 1.12. The molecular weight excluding hydrogens is 314 g/mol. The Kier molecular flexibility index (Phi) is 5.10. The molecule has 0 bridgehead atoms. The van der Waals surface area contributed by atoms with E-state index in [0.717, 1.165) is 16.6 Å². The molecule has 2 N–H and O–H groups in total. The van der Waals surface area contributed by atoms with Gasteiger partial charge in [0, 0.05) is 21.2 Å².